The van der Waals surface area contributed by atoms with Crippen LogP contribution >= 0.6 is 0 Å². The summed E-state index contributed by atoms with van der Waals surface area (Å²) >= 11 is 0. The normalized spacial score (nSPS) is 19.4. The first-order valence-corrected chi connectivity index (χ1v) is 13.6. The average molecular weight is 565 g/mol. The summed E-state index contributed by atoms with van der Waals surface area (Å²) in [6.07, 6.45) is 4.81. The topological polar surface area (TPSA) is 84.8 Å². The van der Waals surface area contributed by atoms with Crippen molar-refractivity contribution in [2.45, 2.75) is 25.0 Å². The minimum Gasteiger partial charge on any atom is -0.493 e. The van der Waals surface area contributed by atoms with Gasteiger partial charge in [0.25, 0.3) is 0 Å². The molecule has 0 saturated carbocycles. The highest BCUT2D eigenvalue weighted by Gasteiger charge is 2.36. The van der Waals surface area contributed by atoms with Gasteiger partial charge in [-0.25, -0.2) is 0 Å². The lowest BCUT2D eigenvalue weighted by Crippen LogP contribution is -2.32. The molecule has 0 unspecified atom stereocenters. The minimum atomic E-state index is -0.724. The van der Waals surface area contributed by atoms with Gasteiger partial charge in [-0.15, -0.1) is 0 Å². The van der Waals surface area contributed by atoms with Crippen LogP contribution in [0.15, 0.2) is 60.7 Å². The SMILES string of the molecule is COc1ccc(/C=C/C[C@H]2C[C@H]([C@H](O)c3ccc(OC)c(OC)c3)CO[C@H]2c2ccc(OC)c(OC)c2)cc1OC. The van der Waals surface area contributed by atoms with Crippen molar-refractivity contribution in [1.29, 1.82) is 0 Å². The van der Waals surface area contributed by atoms with E-state index in [2.05, 4.69) is 12.2 Å². The lowest BCUT2D eigenvalue weighted by molar-refractivity contribution is -0.0901. The lowest BCUT2D eigenvalue weighted by Gasteiger charge is -2.38. The van der Waals surface area contributed by atoms with Crippen LogP contribution in [0.3, 0.4) is 0 Å². The number of allylic oxidation sites excluding steroid dienone is 1. The molecular formula is C33H40O8. The molecule has 1 aliphatic heterocycles. The number of ether oxygens (including phenoxy) is 7. The fourth-order valence-corrected chi connectivity index (χ4v) is 5.43. The minimum absolute atomic E-state index is 0.0954. The van der Waals surface area contributed by atoms with E-state index in [9.17, 15) is 5.11 Å². The van der Waals surface area contributed by atoms with Crippen molar-refractivity contribution in [2.24, 2.45) is 11.8 Å². The number of aliphatic hydroxyl groups excluding tert-OH is 1. The number of rotatable bonds is 12. The molecule has 1 fully saturated rings. The van der Waals surface area contributed by atoms with Gasteiger partial charge >= 0.3 is 0 Å². The highest BCUT2D eigenvalue weighted by molar-refractivity contribution is 5.56. The third-order valence-corrected chi connectivity index (χ3v) is 7.61. The zero-order valence-corrected chi connectivity index (χ0v) is 24.6. The van der Waals surface area contributed by atoms with Crippen molar-refractivity contribution >= 4 is 6.08 Å². The molecule has 1 heterocycles. The molecule has 0 radical (unpaired) electrons. The Bertz CT molecular complexity index is 1320. The first-order valence-electron chi connectivity index (χ1n) is 13.6. The Morgan fingerprint density at radius 2 is 1.29 bits per heavy atom. The Morgan fingerprint density at radius 3 is 1.93 bits per heavy atom. The van der Waals surface area contributed by atoms with Crippen molar-refractivity contribution in [3.8, 4) is 34.5 Å². The van der Waals surface area contributed by atoms with Gasteiger partial charge in [0.1, 0.15) is 0 Å². The average Bonchev–Trinajstić information content (AvgIpc) is 3.03. The first-order chi connectivity index (χ1) is 20.0. The van der Waals surface area contributed by atoms with Crippen molar-refractivity contribution in [3.05, 3.63) is 77.4 Å². The summed E-state index contributed by atoms with van der Waals surface area (Å²) in [6, 6.07) is 17.2. The predicted octanol–water partition coefficient (Wildman–Crippen LogP) is 6.27. The van der Waals surface area contributed by atoms with E-state index in [4.69, 9.17) is 33.2 Å². The summed E-state index contributed by atoms with van der Waals surface area (Å²) in [7, 11) is 9.68. The number of aliphatic hydroxyl groups is 1. The summed E-state index contributed by atoms with van der Waals surface area (Å²) in [5.41, 5.74) is 2.77. The second-order valence-electron chi connectivity index (χ2n) is 9.94. The molecule has 0 aromatic heterocycles. The van der Waals surface area contributed by atoms with Crippen LogP contribution in [0.2, 0.25) is 0 Å². The molecule has 1 aliphatic rings. The molecule has 1 saturated heterocycles. The molecule has 1 N–H and O–H groups in total. The van der Waals surface area contributed by atoms with Gasteiger partial charge in [-0.1, -0.05) is 30.4 Å². The number of benzene rings is 3. The molecule has 4 rings (SSSR count). The maximum Gasteiger partial charge on any atom is 0.161 e. The smallest absolute Gasteiger partial charge is 0.161 e. The molecule has 3 aromatic rings. The largest absolute Gasteiger partial charge is 0.493 e. The highest BCUT2D eigenvalue weighted by atomic mass is 16.5. The van der Waals surface area contributed by atoms with E-state index >= 15 is 0 Å². The summed E-state index contributed by atoms with van der Waals surface area (Å²) < 4.78 is 39.1. The zero-order chi connectivity index (χ0) is 29.4. The van der Waals surface area contributed by atoms with Crippen molar-refractivity contribution < 1.29 is 38.3 Å². The number of methoxy groups -OCH3 is 6. The fourth-order valence-electron chi connectivity index (χ4n) is 5.43. The molecule has 0 bridgehead atoms. The molecule has 0 amide bonds. The molecule has 220 valence electrons. The summed E-state index contributed by atoms with van der Waals surface area (Å²) in [6.45, 7) is 0.407. The van der Waals surface area contributed by atoms with E-state index in [1.54, 1.807) is 42.7 Å². The van der Waals surface area contributed by atoms with Crippen LogP contribution < -0.4 is 28.4 Å². The van der Waals surface area contributed by atoms with Gasteiger partial charge in [0.2, 0.25) is 0 Å². The predicted molar refractivity (Wildman–Crippen MR) is 158 cm³/mol. The molecule has 8 heteroatoms. The van der Waals surface area contributed by atoms with Gasteiger partial charge in [-0.3, -0.25) is 0 Å². The van der Waals surface area contributed by atoms with Gasteiger partial charge in [0, 0.05) is 5.92 Å². The standard InChI is InChI=1S/C33H40O8/c1-35-26-13-10-21(16-29(26)38-4)8-7-9-23-17-25(32(34)22-11-14-27(36-2)30(18-22)39-5)20-41-33(23)24-12-15-28(37-3)31(19-24)40-6/h7-8,10-16,18-19,23,25,32-34H,9,17,20H2,1-6H3/b8-7+/t23-,25-,32+,33+/m0/s1. The van der Waals surface area contributed by atoms with Gasteiger partial charge < -0.3 is 38.3 Å². The third-order valence-electron chi connectivity index (χ3n) is 7.61. The molecule has 0 aliphatic carbocycles. The van der Waals surface area contributed by atoms with Crippen LogP contribution in [-0.4, -0.2) is 54.4 Å². The van der Waals surface area contributed by atoms with Gasteiger partial charge in [0.05, 0.1) is 61.5 Å². The monoisotopic (exact) mass is 564 g/mol. The Morgan fingerprint density at radius 1 is 0.732 bits per heavy atom. The Labute approximate surface area is 242 Å². The molecule has 8 nitrogen and oxygen atoms in total. The van der Waals surface area contributed by atoms with Crippen LogP contribution in [0.5, 0.6) is 34.5 Å². The fraction of sp³-hybridized carbons (Fsp3) is 0.394. The molecular weight excluding hydrogens is 524 g/mol. The molecule has 3 aromatic carbocycles. The quantitative estimate of drug-likeness (QED) is 0.276. The first kappa shape index (κ1) is 30.1. The van der Waals surface area contributed by atoms with Crippen molar-refractivity contribution in [3.63, 3.8) is 0 Å². The maximum absolute atomic E-state index is 11.4. The van der Waals surface area contributed by atoms with Crippen molar-refractivity contribution in [2.75, 3.05) is 49.3 Å². The lowest BCUT2D eigenvalue weighted by atomic mass is 9.79. The highest BCUT2D eigenvalue weighted by Crippen LogP contribution is 2.44. The number of hydrogen-bond acceptors (Lipinski definition) is 8. The van der Waals surface area contributed by atoms with E-state index in [1.165, 1.54) is 0 Å². The van der Waals surface area contributed by atoms with Gasteiger partial charge in [0.15, 0.2) is 34.5 Å². The molecule has 0 spiro atoms. The summed E-state index contributed by atoms with van der Waals surface area (Å²) in [5, 5.41) is 11.4. The van der Waals surface area contributed by atoms with Crippen LogP contribution in [0.1, 0.15) is 41.7 Å². The van der Waals surface area contributed by atoms with Gasteiger partial charge in [-0.2, -0.15) is 0 Å². The van der Waals surface area contributed by atoms with Crippen LogP contribution in [-0.2, 0) is 4.74 Å². The van der Waals surface area contributed by atoms with E-state index < -0.39 is 6.10 Å². The van der Waals surface area contributed by atoms with Crippen LogP contribution in [0, 0.1) is 11.8 Å². The second kappa shape index (κ2) is 14.1. The third kappa shape index (κ3) is 6.89. The Kier molecular flexibility index (Phi) is 10.4. The van der Waals surface area contributed by atoms with E-state index in [0.717, 1.165) is 29.5 Å². The molecule has 4 atom stereocenters. The maximum atomic E-state index is 11.4. The second-order valence-corrected chi connectivity index (χ2v) is 9.94. The van der Waals surface area contributed by atoms with Crippen LogP contribution in [0.4, 0.5) is 0 Å². The zero-order valence-electron chi connectivity index (χ0n) is 24.6. The van der Waals surface area contributed by atoms with Crippen molar-refractivity contribution in [1.82, 2.24) is 0 Å². The van der Waals surface area contributed by atoms with E-state index in [-0.39, 0.29) is 17.9 Å². The Balaban J connectivity index is 1.59. The molecule has 41 heavy (non-hydrogen) atoms. The van der Waals surface area contributed by atoms with E-state index in [0.29, 0.717) is 41.1 Å². The van der Waals surface area contributed by atoms with Crippen LogP contribution in [0.25, 0.3) is 6.08 Å². The van der Waals surface area contributed by atoms with Gasteiger partial charge in [-0.05, 0) is 71.8 Å². The summed E-state index contributed by atoms with van der Waals surface area (Å²) in [5.74, 6) is 3.87. The summed E-state index contributed by atoms with van der Waals surface area (Å²) in [4.78, 5) is 0. The Hall–Kier alpha value is -3.88. The van der Waals surface area contributed by atoms with E-state index in [1.807, 2.05) is 54.6 Å². The number of hydrogen-bond donors (Lipinski definition) is 1.